The molecule has 1 nitrogen and oxygen atoms in total. The van der Waals surface area contributed by atoms with E-state index in [1.54, 1.807) is 6.04 Å². The van der Waals surface area contributed by atoms with Gasteiger partial charge in [0.05, 0.1) is 0 Å². The van der Waals surface area contributed by atoms with E-state index in [0.717, 1.165) is 5.16 Å². The van der Waals surface area contributed by atoms with Crippen LogP contribution in [0, 0.1) is 0 Å². The quantitative estimate of drug-likeness (QED) is 0.614. The van der Waals surface area contributed by atoms with Gasteiger partial charge in [0.1, 0.15) is 0 Å². The van der Waals surface area contributed by atoms with E-state index in [-0.39, 0.29) is 9.52 Å². The molecule has 0 radical (unpaired) electrons. The first-order valence-electron chi connectivity index (χ1n) is 6.04. The summed E-state index contributed by atoms with van der Waals surface area (Å²) in [6.07, 6.45) is 5.75. The van der Waals surface area contributed by atoms with Gasteiger partial charge in [0.25, 0.3) is 0 Å². The Hall–Kier alpha value is 0.177. The molecule has 0 aromatic heterocycles. The molecule has 0 N–H and O–H groups in total. The zero-order valence-corrected chi connectivity index (χ0v) is 11.0. The van der Waals surface area contributed by atoms with Gasteiger partial charge in [-0.2, -0.15) is 0 Å². The van der Waals surface area contributed by atoms with Crippen molar-refractivity contribution in [2.75, 3.05) is 13.1 Å². The monoisotopic (exact) mass is 199 g/mol. The minimum atomic E-state index is 0.198. The molecular weight excluding hydrogens is 174 g/mol. The third kappa shape index (κ3) is 2.35. The van der Waals surface area contributed by atoms with Crippen molar-refractivity contribution < 1.29 is 0 Å². The standard InChI is InChI=1S/C11H25NSi/c1-4-9-12(6-3)11(5-2)8-7-10-13-11/h4-10,13H2,1-3H3. The molecule has 13 heavy (non-hydrogen) atoms. The van der Waals surface area contributed by atoms with E-state index in [1.807, 2.05) is 0 Å². The van der Waals surface area contributed by atoms with Crippen molar-refractivity contribution in [3.8, 4) is 0 Å². The summed E-state index contributed by atoms with van der Waals surface area (Å²) in [7, 11) is 0.198. The predicted octanol–water partition coefficient (Wildman–Crippen LogP) is 2.21. The first-order valence-corrected chi connectivity index (χ1v) is 7.75. The second-order valence-corrected chi connectivity index (χ2v) is 6.89. The van der Waals surface area contributed by atoms with Gasteiger partial charge in [0.15, 0.2) is 0 Å². The largest absolute Gasteiger partial charge is 0.301 e. The summed E-state index contributed by atoms with van der Waals surface area (Å²) in [5, 5.41) is 0.727. The van der Waals surface area contributed by atoms with Crippen LogP contribution >= 0.6 is 0 Å². The summed E-state index contributed by atoms with van der Waals surface area (Å²) in [6.45, 7) is 9.64. The molecular formula is C11H25NSi. The summed E-state index contributed by atoms with van der Waals surface area (Å²) < 4.78 is 0. The van der Waals surface area contributed by atoms with Crippen LogP contribution in [0.25, 0.3) is 0 Å². The van der Waals surface area contributed by atoms with Crippen LogP contribution in [0.3, 0.4) is 0 Å². The van der Waals surface area contributed by atoms with Gasteiger partial charge in [-0.05, 0) is 32.4 Å². The topological polar surface area (TPSA) is 3.24 Å². The van der Waals surface area contributed by atoms with E-state index < -0.39 is 0 Å². The first kappa shape index (κ1) is 11.3. The molecule has 2 heteroatoms. The summed E-state index contributed by atoms with van der Waals surface area (Å²) in [5.41, 5.74) is 0. The van der Waals surface area contributed by atoms with E-state index in [2.05, 4.69) is 25.7 Å². The Kier molecular flexibility index (Phi) is 4.46. The maximum Gasteiger partial charge on any atom is 0.0447 e. The maximum absolute atomic E-state index is 2.78. The summed E-state index contributed by atoms with van der Waals surface area (Å²) in [5.74, 6) is 0. The van der Waals surface area contributed by atoms with E-state index in [0.29, 0.717) is 0 Å². The van der Waals surface area contributed by atoms with Crippen LogP contribution < -0.4 is 0 Å². The number of hydrogen-bond acceptors (Lipinski definition) is 1. The van der Waals surface area contributed by atoms with E-state index in [9.17, 15) is 0 Å². The highest BCUT2D eigenvalue weighted by molar-refractivity contribution is 6.41. The second-order valence-electron chi connectivity index (χ2n) is 4.36. The lowest BCUT2D eigenvalue weighted by molar-refractivity contribution is 0.158. The molecule has 0 aliphatic carbocycles. The Balaban J connectivity index is 2.60. The average Bonchev–Trinajstić information content (AvgIpc) is 2.63. The zero-order chi connectivity index (χ0) is 9.73. The number of rotatable bonds is 5. The molecule has 1 fully saturated rings. The van der Waals surface area contributed by atoms with Crippen LogP contribution in [0.1, 0.15) is 46.5 Å². The molecule has 1 aliphatic heterocycles. The molecule has 0 spiro atoms. The SMILES string of the molecule is CCCN(CC)C1(CC)CCC[SiH2]1. The van der Waals surface area contributed by atoms with Gasteiger partial charge in [-0.25, -0.2) is 0 Å². The van der Waals surface area contributed by atoms with E-state index in [4.69, 9.17) is 0 Å². The molecule has 0 saturated carbocycles. The van der Waals surface area contributed by atoms with Crippen molar-refractivity contribution in [3.63, 3.8) is 0 Å². The Morgan fingerprint density at radius 1 is 1.31 bits per heavy atom. The Labute approximate surface area is 85.7 Å². The average molecular weight is 199 g/mol. The van der Waals surface area contributed by atoms with Crippen LogP contribution in [0.5, 0.6) is 0 Å². The van der Waals surface area contributed by atoms with E-state index >= 15 is 0 Å². The molecule has 1 saturated heterocycles. The second kappa shape index (κ2) is 5.16. The van der Waals surface area contributed by atoms with Gasteiger partial charge in [-0.15, -0.1) is 0 Å². The van der Waals surface area contributed by atoms with Crippen LogP contribution in [0.2, 0.25) is 6.04 Å². The van der Waals surface area contributed by atoms with Crippen LogP contribution in [0.4, 0.5) is 0 Å². The van der Waals surface area contributed by atoms with Crippen molar-refractivity contribution in [3.05, 3.63) is 0 Å². The fourth-order valence-corrected chi connectivity index (χ4v) is 5.64. The van der Waals surface area contributed by atoms with Crippen LogP contribution in [-0.4, -0.2) is 32.7 Å². The summed E-state index contributed by atoms with van der Waals surface area (Å²) in [6, 6.07) is 1.59. The molecule has 1 unspecified atom stereocenters. The van der Waals surface area contributed by atoms with Crippen molar-refractivity contribution in [2.24, 2.45) is 0 Å². The lowest BCUT2D eigenvalue weighted by atomic mass is 10.1. The van der Waals surface area contributed by atoms with E-state index in [1.165, 1.54) is 38.8 Å². The Morgan fingerprint density at radius 3 is 2.46 bits per heavy atom. The van der Waals surface area contributed by atoms with Crippen molar-refractivity contribution in [1.29, 1.82) is 0 Å². The smallest absolute Gasteiger partial charge is 0.0447 e. The molecule has 1 heterocycles. The molecule has 1 aliphatic rings. The molecule has 1 atom stereocenters. The fraction of sp³-hybridized carbons (Fsp3) is 1.00. The first-order chi connectivity index (χ1) is 6.29. The zero-order valence-electron chi connectivity index (χ0n) is 9.60. The highest BCUT2D eigenvalue weighted by Crippen LogP contribution is 2.32. The Bertz CT molecular complexity index is 141. The van der Waals surface area contributed by atoms with Crippen LogP contribution in [0.15, 0.2) is 0 Å². The van der Waals surface area contributed by atoms with Crippen molar-refractivity contribution in [2.45, 2.75) is 57.7 Å². The third-order valence-electron chi connectivity index (χ3n) is 3.74. The molecule has 1 rings (SSSR count). The molecule has 0 amide bonds. The fourth-order valence-electron chi connectivity index (χ4n) is 2.93. The third-order valence-corrected chi connectivity index (χ3v) is 6.82. The predicted molar refractivity (Wildman–Crippen MR) is 63.1 cm³/mol. The van der Waals surface area contributed by atoms with Gasteiger partial charge < -0.3 is 4.90 Å². The Morgan fingerprint density at radius 2 is 2.08 bits per heavy atom. The normalized spacial score (nSPS) is 30.5. The molecule has 0 bridgehead atoms. The minimum Gasteiger partial charge on any atom is -0.301 e. The molecule has 78 valence electrons. The number of nitrogens with zero attached hydrogens (tertiary/aromatic N) is 1. The lowest BCUT2D eigenvalue weighted by Crippen LogP contribution is -2.50. The highest BCUT2D eigenvalue weighted by atomic mass is 28.2. The van der Waals surface area contributed by atoms with Crippen molar-refractivity contribution in [1.82, 2.24) is 4.90 Å². The summed E-state index contributed by atoms with van der Waals surface area (Å²) >= 11 is 0. The highest BCUT2D eigenvalue weighted by Gasteiger charge is 2.36. The minimum absolute atomic E-state index is 0.198. The van der Waals surface area contributed by atoms with Gasteiger partial charge in [-0.1, -0.05) is 33.2 Å². The number of hydrogen-bond donors (Lipinski definition) is 0. The van der Waals surface area contributed by atoms with Gasteiger partial charge in [0, 0.05) is 14.7 Å². The van der Waals surface area contributed by atoms with Gasteiger partial charge >= 0.3 is 0 Å². The summed E-state index contributed by atoms with van der Waals surface area (Å²) in [4.78, 5) is 2.78. The van der Waals surface area contributed by atoms with Gasteiger partial charge in [0.2, 0.25) is 0 Å². The van der Waals surface area contributed by atoms with Crippen LogP contribution in [-0.2, 0) is 0 Å². The maximum atomic E-state index is 2.78. The van der Waals surface area contributed by atoms with Gasteiger partial charge in [-0.3, -0.25) is 0 Å². The molecule has 0 aromatic rings. The molecule has 0 aromatic carbocycles. The lowest BCUT2D eigenvalue weighted by Gasteiger charge is -2.40. The van der Waals surface area contributed by atoms with Crippen molar-refractivity contribution >= 4 is 9.52 Å².